The largest absolute Gasteiger partial charge is 0.393 e. The maximum absolute atomic E-state index is 12.8. The highest BCUT2D eigenvalue weighted by Crippen LogP contribution is 2.42. The van der Waals surface area contributed by atoms with E-state index in [0.717, 1.165) is 53.8 Å². The van der Waals surface area contributed by atoms with Crippen molar-refractivity contribution in [3.63, 3.8) is 0 Å². The molecule has 10 heteroatoms. The molecule has 0 N–H and O–H groups in total. The number of aromatic nitrogens is 2. The first-order valence-corrected chi connectivity index (χ1v) is 10.9. The number of thioether (sulfide) groups is 1. The van der Waals surface area contributed by atoms with Crippen molar-refractivity contribution in [1.29, 1.82) is 0 Å². The van der Waals surface area contributed by atoms with E-state index in [1.165, 1.54) is 6.33 Å². The van der Waals surface area contributed by atoms with E-state index >= 15 is 0 Å². The molecule has 28 heavy (non-hydrogen) atoms. The Kier molecular flexibility index (Phi) is 4.11. The van der Waals surface area contributed by atoms with Gasteiger partial charge in [0.2, 0.25) is 0 Å². The fraction of sp³-hybridized carbons (Fsp3) is 0.611. The Labute approximate surface area is 169 Å². The molecule has 0 saturated carbocycles. The summed E-state index contributed by atoms with van der Waals surface area (Å²) in [5.74, 6) is 0.767. The molecule has 2 aromatic rings. The van der Waals surface area contributed by atoms with Crippen LogP contribution in [0.25, 0.3) is 10.2 Å². The highest BCUT2D eigenvalue weighted by atomic mass is 32.2. The van der Waals surface area contributed by atoms with Crippen LogP contribution in [0, 0.1) is 0 Å². The summed E-state index contributed by atoms with van der Waals surface area (Å²) in [6, 6.07) is 2.30. The summed E-state index contributed by atoms with van der Waals surface area (Å²) >= 11 is 2.95. The van der Waals surface area contributed by atoms with Gasteiger partial charge in [-0.05, 0) is 26.3 Å². The lowest BCUT2D eigenvalue weighted by atomic mass is 10.2. The Morgan fingerprint density at radius 1 is 1.18 bits per heavy atom. The molecule has 2 saturated heterocycles. The quantitative estimate of drug-likeness (QED) is 0.727. The normalized spacial score (nSPS) is 26.5. The molecule has 5 heterocycles. The smallest absolute Gasteiger partial charge is 0.349 e. The van der Waals surface area contributed by atoms with E-state index in [2.05, 4.69) is 33.6 Å². The molecule has 0 amide bonds. The maximum Gasteiger partial charge on any atom is 0.393 e. The number of hydrogen-bond acceptors (Lipinski definition) is 7. The summed E-state index contributed by atoms with van der Waals surface area (Å²) in [7, 11) is 0. The van der Waals surface area contributed by atoms with Gasteiger partial charge in [0.25, 0.3) is 0 Å². The second kappa shape index (κ2) is 6.22. The standard InChI is InChI=1S/C18H20F3N5S2/c1-17(2)8-22-16(28-17)26-7-10-3-11(26)6-25(10)14-13-4-12(5-18(19,20)21)27-15(13)24-9-23-14/h4,9-11H,3,5-8H2,1-2H3/t10-,11-/m0/s1. The monoisotopic (exact) mass is 427 g/mol. The van der Waals surface area contributed by atoms with Crippen LogP contribution in [0.15, 0.2) is 17.4 Å². The van der Waals surface area contributed by atoms with E-state index in [1.807, 2.05) is 11.8 Å². The summed E-state index contributed by atoms with van der Waals surface area (Å²) in [5, 5.41) is 1.87. The predicted octanol–water partition coefficient (Wildman–Crippen LogP) is 3.94. The first-order chi connectivity index (χ1) is 13.2. The van der Waals surface area contributed by atoms with Gasteiger partial charge in [-0.25, -0.2) is 9.97 Å². The molecule has 3 aliphatic heterocycles. The highest BCUT2D eigenvalue weighted by Gasteiger charge is 2.47. The number of alkyl halides is 3. The van der Waals surface area contributed by atoms with Gasteiger partial charge in [-0.1, -0.05) is 11.8 Å². The fourth-order valence-electron chi connectivity index (χ4n) is 4.29. The molecule has 150 valence electrons. The average Bonchev–Trinajstić information content (AvgIpc) is 3.33. The van der Waals surface area contributed by atoms with Crippen molar-refractivity contribution in [2.45, 2.75) is 49.7 Å². The summed E-state index contributed by atoms with van der Waals surface area (Å²) in [6.07, 6.45) is -2.63. The molecule has 3 aliphatic rings. The minimum Gasteiger partial charge on any atom is -0.349 e. The van der Waals surface area contributed by atoms with Gasteiger partial charge in [0.05, 0.1) is 30.4 Å². The summed E-state index contributed by atoms with van der Waals surface area (Å²) in [5.41, 5.74) is 0. The van der Waals surface area contributed by atoms with Gasteiger partial charge in [-0.3, -0.25) is 4.99 Å². The van der Waals surface area contributed by atoms with E-state index in [-0.39, 0.29) is 9.62 Å². The number of piperazine rings is 1. The lowest BCUT2D eigenvalue weighted by Gasteiger charge is -2.36. The van der Waals surface area contributed by atoms with Crippen LogP contribution in [0.4, 0.5) is 19.0 Å². The average molecular weight is 428 g/mol. The lowest BCUT2D eigenvalue weighted by Crippen LogP contribution is -2.48. The van der Waals surface area contributed by atoms with Crippen molar-refractivity contribution in [1.82, 2.24) is 14.9 Å². The van der Waals surface area contributed by atoms with Crippen LogP contribution < -0.4 is 4.90 Å². The number of halogens is 3. The number of fused-ring (bicyclic) bond motifs is 3. The molecule has 2 atom stereocenters. The van der Waals surface area contributed by atoms with Crippen LogP contribution in [-0.4, -0.2) is 62.7 Å². The van der Waals surface area contributed by atoms with Crippen LogP contribution in [0.5, 0.6) is 0 Å². The zero-order valence-corrected chi connectivity index (χ0v) is 17.2. The summed E-state index contributed by atoms with van der Waals surface area (Å²) in [6.45, 7) is 6.97. The summed E-state index contributed by atoms with van der Waals surface area (Å²) < 4.78 is 38.5. The topological polar surface area (TPSA) is 44.6 Å². The van der Waals surface area contributed by atoms with Crippen LogP contribution in [0.1, 0.15) is 25.1 Å². The van der Waals surface area contributed by atoms with Crippen LogP contribution in [0.2, 0.25) is 0 Å². The summed E-state index contributed by atoms with van der Waals surface area (Å²) in [4.78, 5) is 18.9. The van der Waals surface area contributed by atoms with Gasteiger partial charge < -0.3 is 9.80 Å². The van der Waals surface area contributed by atoms with Crippen LogP contribution in [0.3, 0.4) is 0 Å². The lowest BCUT2D eigenvalue weighted by molar-refractivity contribution is -0.126. The van der Waals surface area contributed by atoms with E-state index in [1.54, 1.807) is 6.07 Å². The van der Waals surface area contributed by atoms with Crippen molar-refractivity contribution in [2.75, 3.05) is 24.5 Å². The van der Waals surface area contributed by atoms with Crippen molar-refractivity contribution < 1.29 is 13.2 Å². The number of thiophene rings is 1. The molecule has 0 radical (unpaired) electrons. The van der Waals surface area contributed by atoms with Crippen molar-refractivity contribution >= 4 is 44.3 Å². The molecular weight excluding hydrogens is 407 g/mol. The number of likely N-dealkylation sites (tertiary alicyclic amines) is 1. The van der Waals surface area contributed by atoms with Gasteiger partial charge >= 0.3 is 6.18 Å². The number of amidine groups is 1. The molecule has 5 rings (SSSR count). The zero-order valence-electron chi connectivity index (χ0n) is 15.5. The Bertz CT molecular complexity index is 954. The molecule has 0 aliphatic carbocycles. The zero-order chi connectivity index (χ0) is 19.7. The Morgan fingerprint density at radius 2 is 1.93 bits per heavy atom. The highest BCUT2D eigenvalue weighted by molar-refractivity contribution is 8.15. The van der Waals surface area contributed by atoms with Gasteiger partial charge in [-0.15, -0.1) is 11.3 Å². The maximum atomic E-state index is 12.8. The van der Waals surface area contributed by atoms with Crippen molar-refractivity contribution in [3.8, 4) is 0 Å². The van der Waals surface area contributed by atoms with E-state index in [0.29, 0.717) is 16.9 Å². The fourth-order valence-corrected chi connectivity index (χ4v) is 6.40. The first kappa shape index (κ1) is 18.5. The number of hydrogen-bond donors (Lipinski definition) is 0. The van der Waals surface area contributed by atoms with E-state index in [4.69, 9.17) is 4.99 Å². The molecule has 0 spiro atoms. The Balaban J connectivity index is 1.38. The minimum atomic E-state index is -4.21. The Morgan fingerprint density at radius 3 is 2.57 bits per heavy atom. The van der Waals surface area contributed by atoms with Gasteiger partial charge in [0, 0.05) is 22.7 Å². The van der Waals surface area contributed by atoms with Crippen LogP contribution in [-0.2, 0) is 6.42 Å². The molecule has 0 aromatic carbocycles. The van der Waals surface area contributed by atoms with Crippen LogP contribution >= 0.6 is 23.1 Å². The Hall–Kier alpha value is -1.55. The molecule has 5 nitrogen and oxygen atoms in total. The molecule has 0 unspecified atom stereocenters. The van der Waals surface area contributed by atoms with Gasteiger partial charge in [0.1, 0.15) is 17.0 Å². The van der Waals surface area contributed by atoms with Crippen molar-refractivity contribution in [2.24, 2.45) is 4.99 Å². The molecule has 2 fully saturated rings. The van der Waals surface area contributed by atoms with E-state index in [9.17, 15) is 13.2 Å². The first-order valence-electron chi connectivity index (χ1n) is 9.25. The SMILES string of the molecule is CC1(C)CN=C(N2C[C@@H]3C[C@H]2CN3c2ncnc3sc(CC(F)(F)F)cc23)S1. The molecule has 2 bridgehead atoms. The third-order valence-electron chi connectivity index (χ3n) is 5.46. The third kappa shape index (κ3) is 3.24. The van der Waals surface area contributed by atoms with E-state index < -0.39 is 12.6 Å². The van der Waals surface area contributed by atoms with Gasteiger partial charge in [-0.2, -0.15) is 13.2 Å². The number of nitrogens with zero attached hydrogens (tertiary/aromatic N) is 5. The molecular formula is C18H20F3N5S2. The second-order valence-corrected chi connectivity index (χ2v) is 11.0. The number of aliphatic imine (C=N–C) groups is 1. The predicted molar refractivity (Wildman–Crippen MR) is 107 cm³/mol. The number of rotatable bonds is 2. The minimum absolute atomic E-state index is 0.154. The number of anilines is 1. The second-order valence-electron chi connectivity index (χ2n) is 8.23. The van der Waals surface area contributed by atoms with Gasteiger partial charge in [0.15, 0.2) is 5.17 Å². The molecule has 2 aromatic heterocycles. The third-order valence-corrected chi connectivity index (χ3v) is 7.73. The van der Waals surface area contributed by atoms with Crippen molar-refractivity contribution in [3.05, 3.63) is 17.3 Å².